The molecular formula is C15H19NO5S. The molecule has 22 heavy (non-hydrogen) atoms. The van der Waals surface area contributed by atoms with Crippen molar-refractivity contribution >= 4 is 16.0 Å². The normalized spacial score (nSPS) is 28.0. The molecule has 3 atom stereocenters. The van der Waals surface area contributed by atoms with Crippen molar-refractivity contribution in [3.63, 3.8) is 0 Å². The number of hydrogen-bond donors (Lipinski definition) is 1. The second kappa shape index (κ2) is 5.24. The molecule has 6 nitrogen and oxygen atoms in total. The summed E-state index contributed by atoms with van der Waals surface area (Å²) in [5, 5.41) is 9.27. The molecular weight excluding hydrogens is 306 g/mol. The molecule has 7 heteroatoms. The highest BCUT2D eigenvalue weighted by Crippen LogP contribution is 2.45. The number of hydrogen-bond acceptors (Lipinski definition) is 4. The molecule has 3 rings (SSSR count). The minimum atomic E-state index is -3.68. The lowest BCUT2D eigenvalue weighted by Crippen LogP contribution is -2.38. The Morgan fingerprint density at radius 1 is 1.36 bits per heavy atom. The zero-order chi connectivity index (χ0) is 16.1. The van der Waals surface area contributed by atoms with E-state index in [4.69, 9.17) is 4.74 Å². The van der Waals surface area contributed by atoms with E-state index >= 15 is 0 Å². The number of methoxy groups -OCH3 is 1. The molecule has 3 unspecified atom stereocenters. The zero-order valence-corrected chi connectivity index (χ0v) is 13.3. The van der Waals surface area contributed by atoms with Crippen molar-refractivity contribution in [2.75, 3.05) is 7.11 Å². The van der Waals surface area contributed by atoms with Crippen LogP contribution in [0.1, 0.15) is 24.8 Å². The average molecular weight is 325 g/mol. The van der Waals surface area contributed by atoms with Crippen molar-refractivity contribution in [2.45, 2.75) is 43.2 Å². The van der Waals surface area contributed by atoms with Crippen LogP contribution < -0.4 is 4.74 Å². The molecule has 2 bridgehead atoms. The van der Waals surface area contributed by atoms with Crippen LogP contribution in [0.25, 0.3) is 0 Å². The van der Waals surface area contributed by atoms with Gasteiger partial charge in [-0.2, -0.15) is 4.31 Å². The van der Waals surface area contributed by atoms with Crippen molar-refractivity contribution in [3.8, 4) is 5.75 Å². The summed E-state index contributed by atoms with van der Waals surface area (Å²) in [6, 6.07) is 4.22. The van der Waals surface area contributed by atoms with Crippen LogP contribution in [0.2, 0.25) is 0 Å². The Kier molecular flexibility index (Phi) is 3.65. The lowest BCUT2D eigenvalue weighted by atomic mass is 9.89. The van der Waals surface area contributed by atoms with Gasteiger partial charge in [0.15, 0.2) is 0 Å². The highest BCUT2D eigenvalue weighted by Gasteiger charge is 2.54. The van der Waals surface area contributed by atoms with Gasteiger partial charge in [-0.15, -0.1) is 0 Å². The number of aryl methyl sites for hydroxylation is 1. The molecule has 0 amide bonds. The average Bonchev–Trinajstić information content (AvgIpc) is 3.05. The molecule has 2 saturated heterocycles. The van der Waals surface area contributed by atoms with Gasteiger partial charge < -0.3 is 9.84 Å². The summed E-state index contributed by atoms with van der Waals surface area (Å²) in [7, 11) is -2.15. The third-order valence-corrected chi connectivity index (χ3v) is 6.87. The topological polar surface area (TPSA) is 83.9 Å². The molecule has 1 aromatic carbocycles. The molecule has 1 aromatic rings. The minimum absolute atomic E-state index is 0.197. The number of ether oxygens (including phenoxy) is 1. The number of benzene rings is 1. The quantitative estimate of drug-likeness (QED) is 0.909. The van der Waals surface area contributed by atoms with Gasteiger partial charge in [-0.1, -0.05) is 0 Å². The smallest absolute Gasteiger partial charge is 0.308 e. The van der Waals surface area contributed by atoms with Gasteiger partial charge in [0.1, 0.15) is 5.75 Å². The van der Waals surface area contributed by atoms with E-state index < -0.39 is 28.0 Å². The lowest BCUT2D eigenvalue weighted by Gasteiger charge is -2.23. The Morgan fingerprint density at radius 3 is 2.64 bits per heavy atom. The molecule has 2 heterocycles. The van der Waals surface area contributed by atoms with Crippen molar-refractivity contribution < 1.29 is 23.1 Å². The predicted octanol–water partition coefficient (Wildman–Crippen LogP) is 1.63. The Labute approximate surface area is 129 Å². The summed E-state index contributed by atoms with van der Waals surface area (Å²) in [6.07, 6.45) is 1.77. The fourth-order valence-corrected chi connectivity index (χ4v) is 5.86. The number of aliphatic carboxylic acids is 1. The number of fused-ring (bicyclic) bond motifs is 2. The van der Waals surface area contributed by atoms with Crippen LogP contribution in [0.15, 0.2) is 23.1 Å². The van der Waals surface area contributed by atoms with Gasteiger partial charge in [0.2, 0.25) is 10.0 Å². The van der Waals surface area contributed by atoms with E-state index in [2.05, 4.69) is 0 Å². The lowest BCUT2D eigenvalue weighted by molar-refractivity contribution is -0.142. The summed E-state index contributed by atoms with van der Waals surface area (Å²) in [6.45, 7) is 1.72. The first kappa shape index (κ1) is 15.3. The number of carboxylic acid groups (broad SMARTS) is 1. The molecule has 0 spiro atoms. The van der Waals surface area contributed by atoms with Gasteiger partial charge in [-0.3, -0.25) is 4.79 Å². The molecule has 0 aliphatic carbocycles. The van der Waals surface area contributed by atoms with Gasteiger partial charge in [0, 0.05) is 12.1 Å². The SMILES string of the molecule is COc1ccc(S(=O)(=O)N2C3CCC2C(C(=O)O)C3)c(C)c1. The van der Waals surface area contributed by atoms with E-state index in [9.17, 15) is 18.3 Å². The minimum Gasteiger partial charge on any atom is -0.497 e. The first-order valence-corrected chi connectivity index (χ1v) is 8.71. The maximum atomic E-state index is 13.0. The summed E-state index contributed by atoms with van der Waals surface area (Å²) in [5.74, 6) is -0.893. The third kappa shape index (κ3) is 2.19. The van der Waals surface area contributed by atoms with Crippen LogP contribution in [-0.4, -0.2) is 43.0 Å². The number of rotatable bonds is 4. The monoisotopic (exact) mass is 325 g/mol. The van der Waals surface area contributed by atoms with Gasteiger partial charge >= 0.3 is 5.97 Å². The maximum Gasteiger partial charge on any atom is 0.308 e. The van der Waals surface area contributed by atoms with Gasteiger partial charge in [-0.05, 0) is 49.9 Å². The van der Waals surface area contributed by atoms with Crippen LogP contribution in [-0.2, 0) is 14.8 Å². The number of sulfonamides is 1. The zero-order valence-electron chi connectivity index (χ0n) is 12.5. The van der Waals surface area contributed by atoms with Crippen LogP contribution in [0, 0.1) is 12.8 Å². The largest absolute Gasteiger partial charge is 0.497 e. The first-order chi connectivity index (χ1) is 10.4. The Hall–Kier alpha value is -1.60. The van der Waals surface area contributed by atoms with Crippen LogP contribution in [0.4, 0.5) is 0 Å². The third-order valence-electron chi connectivity index (χ3n) is 4.73. The van der Waals surface area contributed by atoms with E-state index in [-0.39, 0.29) is 10.9 Å². The van der Waals surface area contributed by atoms with E-state index in [0.717, 1.165) is 6.42 Å². The fourth-order valence-electron chi connectivity index (χ4n) is 3.73. The molecule has 0 radical (unpaired) electrons. The summed E-state index contributed by atoms with van der Waals surface area (Å²) >= 11 is 0. The Morgan fingerprint density at radius 2 is 2.09 bits per heavy atom. The maximum absolute atomic E-state index is 13.0. The standard InChI is InChI=1S/C15H19NO5S/c1-9-7-11(21-2)4-6-14(9)22(19,20)16-10-3-5-13(16)12(8-10)15(17)18/h4,6-7,10,12-13H,3,5,8H2,1-2H3,(H,17,18). The Balaban J connectivity index is 1.99. The number of nitrogens with zero attached hydrogens (tertiary/aromatic N) is 1. The van der Waals surface area contributed by atoms with Gasteiger partial charge in [0.25, 0.3) is 0 Å². The van der Waals surface area contributed by atoms with Crippen molar-refractivity contribution in [3.05, 3.63) is 23.8 Å². The van der Waals surface area contributed by atoms with Crippen LogP contribution >= 0.6 is 0 Å². The van der Waals surface area contributed by atoms with E-state index in [0.29, 0.717) is 24.2 Å². The molecule has 2 aliphatic heterocycles. The molecule has 120 valence electrons. The second-order valence-electron chi connectivity index (χ2n) is 5.95. The van der Waals surface area contributed by atoms with E-state index in [1.54, 1.807) is 19.1 Å². The molecule has 2 aliphatic rings. The molecule has 1 N–H and O–H groups in total. The second-order valence-corrected chi connectivity index (χ2v) is 7.76. The van der Waals surface area contributed by atoms with Crippen molar-refractivity contribution in [1.29, 1.82) is 0 Å². The number of carbonyl (C=O) groups is 1. The predicted molar refractivity (Wildman–Crippen MR) is 79.3 cm³/mol. The van der Waals surface area contributed by atoms with Crippen LogP contribution in [0.3, 0.4) is 0 Å². The van der Waals surface area contributed by atoms with E-state index in [1.165, 1.54) is 17.5 Å². The molecule has 0 saturated carbocycles. The first-order valence-electron chi connectivity index (χ1n) is 7.27. The van der Waals surface area contributed by atoms with Gasteiger partial charge in [-0.25, -0.2) is 8.42 Å². The number of carboxylic acids is 1. The summed E-state index contributed by atoms with van der Waals surface area (Å²) in [5.41, 5.74) is 0.609. The summed E-state index contributed by atoms with van der Waals surface area (Å²) < 4.78 is 32.5. The highest BCUT2D eigenvalue weighted by atomic mass is 32.2. The van der Waals surface area contributed by atoms with Gasteiger partial charge in [0.05, 0.1) is 17.9 Å². The molecule has 2 fully saturated rings. The Bertz CT molecular complexity index is 715. The van der Waals surface area contributed by atoms with E-state index in [1.807, 2.05) is 0 Å². The summed E-state index contributed by atoms with van der Waals surface area (Å²) in [4.78, 5) is 11.5. The molecule has 0 aromatic heterocycles. The highest BCUT2D eigenvalue weighted by molar-refractivity contribution is 7.89. The fraction of sp³-hybridized carbons (Fsp3) is 0.533. The van der Waals surface area contributed by atoms with Crippen LogP contribution in [0.5, 0.6) is 5.75 Å². The van der Waals surface area contributed by atoms with Crippen molar-refractivity contribution in [2.24, 2.45) is 5.92 Å². The van der Waals surface area contributed by atoms with Crippen molar-refractivity contribution in [1.82, 2.24) is 4.31 Å².